The van der Waals surface area contributed by atoms with Gasteiger partial charge in [0.05, 0.1) is 36.1 Å². The molecule has 2 aromatic rings. The van der Waals surface area contributed by atoms with Gasteiger partial charge < -0.3 is 14.6 Å². The lowest BCUT2D eigenvalue weighted by Gasteiger charge is -2.50. The summed E-state index contributed by atoms with van der Waals surface area (Å²) in [5, 5.41) is 9.99. The molecule has 2 amide bonds. The summed E-state index contributed by atoms with van der Waals surface area (Å²) in [6.45, 7) is 6.33. The molecule has 54 heavy (non-hydrogen) atoms. The van der Waals surface area contributed by atoms with Crippen molar-refractivity contribution >= 4 is 17.9 Å². The maximum absolute atomic E-state index is 17.6. The van der Waals surface area contributed by atoms with E-state index in [1.165, 1.54) is 36.9 Å². The van der Waals surface area contributed by atoms with Crippen LogP contribution in [0.25, 0.3) is 0 Å². The van der Waals surface area contributed by atoms with Crippen LogP contribution in [0.1, 0.15) is 94.2 Å². The Morgan fingerprint density at radius 2 is 1.57 bits per heavy atom. The van der Waals surface area contributed by atoms with Crippen molar-refractivity contribution in [3.05, 3.63) is 64.2 Å². The lowest BCUT2D eigenvalue weighted by molar-refractivity contribution is -0.162. The van der Waals surface area contributed by atoms with E-state index >= 15 is 13.2 Å². The van der Waals surface area contributed by atoms with Crippen molar-refractivity contribution < 1.29 is 63.7 Å². The zero-order valence-electron chi connectivity index (χ0n) is 30.7. The molecule has 16 heteroatoms. The third-order valence-electron chi connectivity index (χ3n) is 11.1. The molecule has 300 valence electrons. The van der Waals surface area contributed by atoms with Crippen LogP contribution < -0.4 is 4.90 Å². The average Bonchev–Trinajstić information content (AvgIpc) is 3.87. The van der Waals surface area contributed by atoms with Gasteiger partial charge in [-0.15, -0.1) is 0 Å². The van der Waals surface area contributed by atoms with E-state index in [1.807, 2.05) is 0 Å². The highest BCUT2D eigenvalue weighted by molar-refractivity contribution is 5.91. The number of aliphatic hydroxyl groups excluding tert-OH is 1. The lowest BCUT2D eigenvalue weighted by Crippen LogP contribution is -2.59. The summed E-state index contributed by atoms with van der Waals surface area (Å²) in [6, 6.07) is 2.45. The van der Waals surface area contributed by atoms with E-state index in [0.29, 0.717) is 18.6 Å². The molecule has 5 rings (SSSR count). The van der Waals surface area contributed by atoms with Gasteiger partial charge in [-0.2, -0.15) is 26.3 Å². The summed E-state index contributed by atoms with van der Waals surface area (Å²) in [6.07, 6.45) is -15.7. The van der Waals surface area contributed by atoms with E-state index in [9.17, 15) is 41.0 Å². The first kappa shape index (κ1) is 41.5. The van der Waals surface area contributed by atoms with Crippen LogP contribution in [-0.4, -0.2) is 59.9 Å². The van der Waals surface area contributed by atoms with Crippen LogP contribution in [0.2, 0.25) is 0 Å². The molecule has 2 saturated carbocycles. The minimum Gasteiger partial charge on any atom is -0.453 e. The van der Waals surface area contributed by atoms with Gasteiger partial charge in [0.15, 0.2) is 11.3 Å². The summed E-state index contributed by atoms with van der Waals surface area (Å²) in [5.41, 5.74) is -10.1. The molecule has 7 nitrogen and oxygen atoms in total. The zero-order valence-corrected chi connectivity index (χ0v) is 30.7. The molecule has 8 atom stereocenters. The number of hydrogen-bond donors (Lipinski definition) is 1. The Hall–Kier alpha value is -3.69. The van der Waals surface area contributed by atoms with Gasteiger partial charge in [0, 0.05) is 19.2 Å². The van der Waals surface area contributed by atoms with Crippen molar-refractivity contribution in [2.75, 3.05) is 18.6 Å². The van der Waals surface area contributed by atoms with Crippen molar-refractivity contribution in [2.24, 2.45) is 23.7 Å². The number of carbonyl (C=O) groups excluding carboxylic acids is 2. The number of ether oxygens (including phenoxy) is 2. The molecule has 0 aromatic heterocycles. The predicted molar refractivity (Wildman–Crippen MR) is 180 cm³/mol. The van der Waals surface area contributed by atoms with Crippen LogP contribution in [0.15, 0.2) is 36.4 Å². The van der Waals surface area contributed by atoms with Crippen molar-refractivity contribution in [1.29, 1.82) is 0 Å². The van der Waals surface area contributed by atoms with Crippen molar-refractivity contribution in [3.8, 4) is 0 Å². The quantitative estimate of drug-likeness (QED) is 0.270. The maximum atomic E-state index is 17.6. The van der Waals surface area contributed by atoms with Crippen molar-refractivity contribution in [1.82, 2.24) is 4.90 Å². The van der Waals surface area contributed by atoms with Crippen LogP contribution in [0.3, 0.4) is 0 Å². The Labute approximate surface area is 307 Å². The smallest absolute Gasteiger partial charge is 0.416 e. The lowest BCUT2D eigenvalue weighted by atomic mass is 9.62. The number of aliphatic hydroxyl groups is 1. The molecule has 0 radical (unpaired) electrons. The molecular weight excluding hydrogens is 735 g/mol. The normalized spacial score (nSPS) is 29.9. The van der Waals surface area contributed by atoms with Gasteiger partial charge >= 0.3 is 24.5 Å². The van der Waals surface area contributed by atoms with Crippen molar-refractivity contribution in [2.45, 2.75) is 115 Å². The molecule has 1 heterocycles. The van der Waals surface area contributed by atoms with E-state index in [2.05, 4.69) is 0 Å². The minimum atomic E-state index is -5.19. The molecule has 0 saturated heterocycles. The van der Waals surface area contributed by atoms with Crippen LogP contribution in [0, 0.1) is 23.7 Å². The SMILES string of the molecule is COC(=O)N(Cc1cc(C(F)(F)F)cc(C(F)(F)F)c1)C1CC([C@@H]2C[C@@H]2CO)N(C(=O)OC(C)C)c2ccc(C3(F)CC(C)CC(F)C3(F)C(C)C)cc21. The molecule has 0 bridgehead atoms. The number of anilines is 1. The largest absolute Gasteiger partial charge is 0.453 e. The molecular formula is C38H45F9N2O5. The van der Waals surface area contributed by atoms with Gasteiger partial charge in [0.25, 0.3) is 0 Å². The third kappa shape index (κ3) is 7.60. The standard InChI is InChI=1S/C38H45F9N2O5/c1-19(2)36(41)32(39)9-21(5)16-35(36,40)24-7-8-29-28(14-24)30(15-31(27-12-23(27)18-50)49(29)34(52)54-20(3)4)48(33(51)53-6)17-22-10-25(37(42,43)44)13-26(11-22)38(45,46)47/h7-8,10-11,13-14,19-21,23,27,30-32,50H,9,12,15-18H2,1-6H3/t21?,23-,27-,30?,31?,32?,35?,36?/m1/s1. The summed E-state index contributed by atoms with van der Waals surface area (Å²) < 4.78 is 144. The highest BCUT2D eigenvalue weighted by atomic mass is 19.4. The van der Waals surface area contributed by atoms with E-state index in [4.69, 9.17) is 9.47 Å². The fraction of sp³-hybridized carbons (Fsp3) is 0.632. The summed E-state index contributed by atoms with van der Waals surface area (Å²) in [7, 11) is 0.955. The first-order chi connectivity index (χ1) is 25.0. The zero-order chi connectivity index (χ0) is 40.3. The number of rotatable bonds is 8. The van der Waals surface area contributed by atoms with Crippen molar-refractivity contribution in [3.63, 3.8) is 0 Å². The van der Waals surface area contributed by atoms with E-state index in [1.54, 1.807) is 20.8 Å². The second-order valence-electron chi connectivity index (χ2n) is 15.5. The highest BCUT2D eigenvalue weighted by Crippen LogP contribution is 2.58. The molecule has 1 aliphatic heterocycles. The number of carbonyl (C=O) groups is 2. The Balaban J connectivity index is 1.75. The molecule has 1 N–H and O–H groups in total. The van der Waals surface area contributed by atoms with Gasteiger partial charge in [-0.1, -0.05) is 26.8 Å². The van der Waals surface area contributed by atoms with Gasteiger partial charge in [-0.05, 0) is 110 Å². The number of benzene rings is 2. The Morgan fingerprint density at radius 3 is 2.07 bits per heavy atom. The van der Waals surface area contributed by atoms with Gasteiger partial charge in [-0.3, -0.25) is 9.80 Å². The Kier molecular flexibility index (Phi) is 11.3. The van der Waals surface area contributed by atoms with E-state index < -0.39 is 102 Å². The van der Waals surface area contributed by atoms with E-state index in [-0.39, 0.29) is 54.2 Å². The Bertz CT molecular complexity index is 1690. The molecule has 3 aliphatic rings. The summed E-state index contributed by atoms with van der Waals surface area (Å²) >= 11 is 0. The Morgan fingerprint density at radius 1 is 0.963 bits per heavy atom. The first-order valence-corrected chi connectivity index (χ1v) is 17.9. The first-order valence-electron chi connectivity index (χ1n) is 17.9. The summed E-state index contributed by atoms with van der Waals surface area (Å²) in [5.74, 6) is -2.44. The monoisotopic (exact) mass is 780 g/mol. The second kappa shape index (κ2) is 14.8. The number of hydrogen-bond acceptors (Lipinski definition) is 5. The number of halogens is 9. The predicted octanol–water partition coefficient (Wildman–Crippen LogP) is 10.1. The fourth-order valence-corrected chi connectivity index (χ4v) is 8.41. The third-order valence-corrected chi connectivity index (χ3v) is 11.1. The van der Waals surface area contributed by atoms with Crippen LogP contribution in [0.4, 0.5) is 54.8 Å². The second-order valence-corrected chi connectivity index (χ2v) is 15.5. The molecule has 2 aromatic carbocycles. The number of amides is 2. The number of alkyl halides is 9. The number of nitrogens with zero attached hydrogens (tertiary/aromatic N) is 2. The fourth-order valence-electron chi connectivity index (χ4n) is 8.41. The molecule has 2 fully saturated rings. The molecule has 6 unspecified atom stereocenters. The highest BCUT2D eigenvalue weighted by Gasteiger charge is 2.65. The minimum absolute atomic E-state index is 0.0177. The van der Waals surface area contributed by atoms with Crippen LogP contribution in [-0.2, 0) is 34.0 Å². The number of fused-ring (bicyclic) bond motifs is 1. The van der Waals surface area contributed by atoms with Crippen LogP contribution >= 0.6 is 0 Å². The average molecular weight is 781 g/mol. The summed E-state index contributed by atoms with van der Waals surface area (Å²) in [4.78, 5) is 29.6. The topological polar surface area (TPSA) is 79.3 Å². The molecule has 0 spiro atoms. The maximum Gasteiger partial charge on any atom is 0.416 e. The van der Waals surface area contributed by atoms with E-state index in [0.717, 1.165) is 12.0 Å². The van der Waals surface area contributed by atoms with Crippen LogP contribution in [0.5, 0.6) is 0 Å². The molecule has 2 aliphatic carbocycles. The van der Waals surface area contributed by atoms with Gasteiger partial charge in [0.1, 0.15) is 6.17 Å². The number of methoxy groups -OCH3 is 1. The van der Waals surface area contributed by atoms with Gasteiger partial charge in [-0.25, -0.2) is 22.8 Å². The van der Waals surface area contributed by atoms with Gasteiger partial charge in [0.2, 0.25) is 0 Å².